The molecular formula is C24H34O12. The van der Waals surface area contributed by atoms with Crippen LogP contribution in [0, 0.1) is 0 Å². The summed E-state index contributed by atoms with van der Waals surface area (Å²) in [5.41, 5.74) is 0.800. The van der Waals surface area contributed by atoms with Gasteiger partial charge in [0.25, 0.3) is 0 Å². The van der Waals surface area contributed by atoms with Gasteiger partial charge >= 0.3 is 5.97 Å². The third-order valence-electron chi connectivity index (χ3n) is 5.88. The molecule has 2 aliphatic rings. The van der Waals surface area contributed by atoms with E-state index in [1.165, 1.54) is 6.08 Å². The molecule has 2 fully saturated rings. The molecular weight excluding hydrogens is 480 g/mol. The van der Waals surface area contributed by atoms with Gasteiger partial charge in [-0.2, -0.15) is 0 Å². The highest BCUT2D eigenvalue weighted by Crippen LogP contribution is 2.32. The van der Waals surface area contributed by atoms with Gasteiger partial charge in [-0.25, -0.2) is 0 Å². The lowest BCUT2D eigenvalue weighted by Gasteiger charge is -2.47. The average Bonchev–Trinajstić information content (AvgIpc) is 2.87. The van der Waals surface area contributed by atoms with E-state index in [0.29, 0.717) is 0 Å². The average molecular weight is 515 g/mol. The molecule has 10 atom stereocenters. The van der Waals surface area contributed by atoms with Crippen molar-refractivity contribution in [1.29, 1.82) is 0 Å². The summed E-state index contributed by atoms with van der Waals surface area (Å²) in [6.07, 6.45) is -12.1. The lowest BCUT2D eigenvalue weighted by Crippen LogP contribution is -2.65. The lowest BCUT2D eigenvalue weighted by molar-refractivity contribution is -0.362. The first kappa shape index (κ1) is 28.6. The molecule has 0 radical (unpaired) electrons. The van der Waals surface area contributed by atoms with Crippen LogP contribution in [-0.2, 0) is 39.8 Å². The fourth-order valence-corrected chi connectivity index (χ4v) is 4.11. The van der Waals surface area contributed by atoms with E-state index in [1.807, 2.05) is 30.3 Å². The van der Waals surface area contributed by atoms with Crippen molar-refractivity contribution in [2.75, 3.05) is 19.8 Å². The maximum atomic E-state index is 11.8. The zero-order chi connectivity index (χ0) is 26.2. The molecule has 0 amide bonds. The number of aliphatic hydroxyl groups is 5. The van der Waals surface area contributed by atoms with Crippen molar-refractivity contribution in [2.24, 2.45) is 0 Å². The number of hydrogen-bond acceptors (Lipinski definition) is 12. The summed E-state index contributed by atoms with van der Waals surface area (Å²) in [5, 5.41) is 51.8. The Morgan fingerprint density at radius 3 is 2.19 bits per heavy atom. The molecule has 3 rings (SSSR count). The highest BCUT2D eigenvalue weighted by Gasteiger charge is 2.52. The van der Waals surface area contributed by atoms with Gasteiger partial charge in [-0.1, -0.05) is 36.4 Å². The molecule has 1 aromatic carbocycles. The largest absolute Gasteiger partial charge is 0.454 e. The molecule has 202 valence electrons. The maximum Gasteiger partial charge on any atom is 0.303 e. The summed E-state index contributed by atoms with van der Waals surface area (Å²) in [7, 11) is 0. The van der Waals surface area contributed by atoms with Gasteiger partial charge in [-0.3, -0.25) is 4.79 Å². The predicted molar refractivity (Wildman–Crippen MR) is 121 cm³/mol. The summed E-state index contributed by atoms with van der Waals surface area (Å²) in [6, 6.07) is 9.10. The van der Waals surface area contributed by atoms with E-state index in [1.54, 1.807) is 0 Å². The van der Waals surface area contributed by atoms with Crippen molar-refractivity contribution in [3.8, 4) is 0 Å². The van der Waals surface area contributed by atoms with Crippen LogP contribution >= 0.6 is 0 Å². The van der Waals surface area contributed by atoms with Crippen LogP contribution < -0.4 is 0 Å². The number of benzene rings is 1. The number of carbonyl (C=O) groups is 1. The molecule has 2 saturated heterocycles. The lowest BCUT2D eigenvalue weighted by atomic mass is 9.96. The molecule has 2 heterocycles. The van der Waals surface area contributed by atoms with Crippen LogP contribution in [-0.4, -0.2) is 113 Å². The summed E-state index contributed by atoms with van der Waals surface area (Å²) in [4.78, 5) is 11.8. The molecule has 12 heteroatoms. The molecule has 0 aliphatic carbocycles. The van der Waals surface area contributed by atoms with Gasteiger partial charge in [0.15, 0.2) is 18.7 Å². The summed E-state index contributed by atoms with van der Waals surface area (Å²) < 4.78 is 33.5. The van der Waals surface area contributed by atoms with E-state index in [2.05, 4.69) is 6.58 Å². The van der Waals surface area contributed by atoms with Gasteiger partial charge in [0, 0.05) is 6.92 Å². The van der Waals surface area contributed by atoms with Crippen molar-refractivity contribution in [1.82, 2.24) is 0 Å². The van der Waals surface area contributed by atoms with Crippen molar-refractivity contribution in [3.63, 3.8) is 0 Å². The number of esters is 1. The highest BCUT2D eigenvalue weighted by molar-refractivity contribution is 5.66. The number of carbonyl (C=O) groups excluding carboxylic acids is 1. The summed E-state index contributed by atoms with van der Waals surface area (Å²) in [5.74, 6) is -0.715. The standard InChI is InChI=1S/C24H34O12/c1-3-9-31-21-17(28)15(10-25)34-23(19(21)30)36-20-16(11-26)35-24(22(18(20)29)33-13(2)27)32-12-14-7-5-4-6-8-14/h3-8,15-26,28-30H,1,9-12H2,2H3/t15-,16-,17+,18+,19-,20-,21+,22-,23+,24+/m1/s1. The van der Waals surface area contributed by atoms with Crippen LogP contribution in [0.5, 0.6) is 0 Å². The zero-order valence-electron chi connectivity index (χ0n) is 19.9. The molecule has 12 nitrogen and oxygen atoms in total. The Bertz CT molecular complexity index is 823. The third-order valence-corrected chi connectivity index (χ3v) is 5.88. The minimum absolute atomic E-state index is 0.00690. The topological polar surface area (TPSA) is 174 Å². The fraction of sp³-hybridized carbons (Fsp3) is 0.625. The minimum atomic E-state index is -1.57. The second-order valence-corrected chi connectivity index (χ2v) is 8.48. The molecule has 36 heavy (non-hydrogen) atoms. The van der Waals surface area contributed by atoms with Gasteiger partial charge in [0.05, 0.1) is 26.4 Å². The number of rotatable bonds is 11. The van der Waals surface area contributed by atoms with E-state index >= 15 is 0 Å². The Kier molecular flexibility index (Phi) is 10.8. The van der Waals surface area contributed by atoms with Crippen molar-refractivity contribution in [3.05, 3.63) is 48.6 Å². The van der Waals surface area contributed by atoms with Crippen LogP contribution in [0.15, 0.2) is 43.0 Å². The minimum Gasteiger partial charge on any atom is -0.454 e. The van der Waals surface area contributed by atoms with Crippen LogP contribution in [0.4, 0.5) is 0 Å². The second kappa shape index (κ2) is 13.5. The first-order valence-corrected chi connectivity index (χ1v) is 11.6. The normalized spacial score (nSPS) is 36.8. The Balaban J connectivity index is 1.78. The summed E-state index contributed by atoms with van der Waals surface area (Å²) >= 11 is 0. The van der Waals surface area contributed by atoms with Crippen LogP contribution in [0.1, 0.15) is 12.5 Å². The quantitative estimate of drug-likeness (QED) is 0.173. The van der Waals surface area contributed by atoms with Gasteiger partial charge in [-0.15, -0.1) is 6.58 Å². The van der Waals surface area contributed by atoms with Crippen molar-refractivity contribution < 1.29 is 58.7 Å². The van der Waals surface area contributed by atoms with Crippen LogP contribution in [0.3, 0.4) is 0 Å². The SMILES string of the molecule is C=CCO[C@H]1[C@@H](O)[C@@H](CO)O[C@@H](O[C@H]2[C@H](O)[C@@H](OC(C)=O)[C@@H](OCc3ccccc3)O[C@@H]2CO)[C@@H]1O. The van der Waals surface area contributed by atoms with Gasteiger partial charge in [-0.05, 0) is 5.56 Å². The van der Waals surface area contributed by atoms with E-state index in [0.717, 1.165) is 12.5 Å². The molecule has 0 spiro atoms. The Labute approximate surface area is 208 Å². The van der Waals surface area contributed by atoms with Crippen LogP contribution in [0.25, 0.3) is 0 Å². The monoisotopic (exact) mass is 514 g/mol. The molecule has 1 aromatic rings. The fourth-order valence-electron chi connectivity index (χ4n) is 4.11. The first-order valence-electron chi connectivity index (χ1n) is 11.6. The predicted octanol–water partition coefficient (Wildman–Crippen LogP) is -1.39. The van der Waals surface area contributed by atoms with Crippen molar-refractivity contribution in [2.45, 2.75) is 74.9 Å². The number of ether oxygens (including phenoxy) is 6. The number of hydrogen-bond donors (Lipinski definition) is 5. The van der Waals surface area contributed by atoms with Gasteiger partial charge in [0.1, 0.15) is 42.7 Å². The Morgan fingerprint density at radius 2 is 1.58 bits per heavy atom. The van der Waals surface area contributed by atoms with E-state index in [-0.39, 0.29) is 13.2 Å². The molecule has 2 aliphatic heterocycles. The molecule has 0 aromatic heterocycles. The van der Waals surface area contributed by atoms with E-state index in [9.17, 15) is 30.3 Å². The first-order chi connectivity index (χ1) is 17.3. The third kappa shape index (κ3) is 6.86. The molecule has 0 bridgehead atoms. The van der Waals surface area contributed by atoms with E-state index < -0.39 is 80.6 Å². The molecule has 0 unspecified atom stereocenters. The van der Waals surface area contributed by atoms with Gasteiger partial charge < -0.3 is 54.0 Å². The smallest absolute Gasteiger partial charge is 0.303 e. The molecule has 0 saturated carbocycles. The second-order valence-electron chi connectivity index (χ2n) is 8.48. The Morgan fingerprint density at radius 1 is 0.917 bits per heavy atom. The Hall–Kier alpha value is -1.97. The maximum absolute atomic E-state index is 11.8. The zero-order valence-corrected chi connectivity index (χ0v) is 19.9. The van der Waals surface area contributed by atoms with Gasteiger partial charge in [0.2, 0.25) is 0 Å². The summed E-state index contributed by atoms with van der Waals surface area (Å²) in [6.45, 7) is 3.51. The molecule has 5 N–H and O–H groups in total. The van der Waals surface area contributed by atoms with Crippen molar-refractivity contribution >= 4 is 5.97 Å². The highest BCUT2D eigenvalue weighted by atomic mass is 16.7. The number of aliphatic hydroxyl groups excluding tert-OH is 5. The van der Waals surface area contributed by atoms with E-state index in [4.69, 9.17) is 28.4 Å². The van der Waals surface area contributed by atoms with Crippen LogP contribution in [0.2, 0.25) is 0 Å².